The number of amides is 2. The van der Waals surface area contributed by atoms with Gasteiger partial charge in [-0.05, 0) is 12.3 Å². The lowest BCUT2D eigenvalue weighted by molar-refractivity contribution is 0.164. The van der Waals surface area contributed by atoms with Crippen LogP contribution in [0.2, 0.25) is 0 Å². The van der Waals surface area contributed by atoms with Gasteiger partial charge in [-0.15, -0.1) is 0 Å². The number of carbonyl (C=O) groups excluding carboxylic acids is 1. The number of halogens is 1. The Morgan fingerprint density at radius 1 is 1.64 bits per heavy atom. The molecule has 0 bridgehead atoms. The molecule has 0 radical (unpaired) electrons. The molecule has 0 saturated carbocycles. The molecule has 4 heteroatoms. The second-order valence-corrected chi connectivity index (χ2v) is 4.39. The molecule has 14 heavy (non-hydrogen) atoms. The van der Waals surface area contributed by atoms with Crippen LogP contribution in [0, 0.1) is 5.92 Å². The molecule has 0 N–H and O–H groups in total. The Labute approximate surface area is 84.9 Å². The van der Waals surface area contributed by atoms with Gasteiger partial charge in [-0.3, -0.25) is 0 Å². The van der Waals surface area contributed by atoms with Gasteiger partial charge >= 0.3 is 6.03 Å². The quantitative estimate of drug-likeness (QED) is 0.669. The first-order valence-corrected chi connectivity index (χ1v) is 5.14. The van der Waals surface area contributed by atoms with Gasteiger partial charge in [0.25, 0.3) is 0 Å². The average Bonchev–Trinajstić information content (AvgIpc) is 2.49. The smallest absolute Gasteiger partial charge is 0.319 e. The van der Waals surface area contributed by atoms with E-state index in [1.165, 1.54) is 0 Å². The molecule has 82 valence electrons. The fourth-order valence-electron chi connectivity index (χ4n) is 1.76. The topological polar surface area (TPSA) is 23.6 Å². The largest absolute Gasteiger partial charge is 0.327 e. The second-order valence-electron chi connectivity index (χ2n) is 4.39. The Morgan fingerprint density at radius 3 is 2.71 bits per heavy atom. The van der Waals surface area contributed by atoms with Crippen molar-refractivity contribution in [1.29, 1.82) is 0 Å². The summed E-state index contributed by atoms with van der Waals surface area (Å²) in [6, 6.07) is -0.0427. The molecule has 0 unspecified atom stereocenters. The average molecular weight is 202 g/mol. The predicted molar refractivity (Wildman–Crippen MR) is 54.0 cm³/mol. The fraction of sp³-hybridized carbons (Fsp3) is 0.900. The highest BCUT2D eigenvalue weighted by molar-refractivity contribution is 5.74. The molecule has 3 nitrogen and oxygen atoms in total. The van der Waals surface area contributed by atoms with Gasteiger partial charge in [0.15, 0.2) is 0 Å². The van der Waals surface area contributed by atoms with Crippen LogP contribution in [-0.2, 0) is 0 Å². The van der Waals surface area contributed by atoms with Crippen molar-refractivity contribution in [3.05, 3.63) is 0 Å². The first-order valence-electron chi connectivity index (χ1n) is 5.14. The van der Waals surface area contributed by atoms with Crippen molar-refractivity contribution < 1.29 is 9.18 Å². The third-order valence-corrected chi connectivity index (χ3v) is 2.37. The summed E-state index contributed by atoms with van der Waals surface area (Å²) < 4.78 is 12.8. The summed E-state index contributed by atoms with van der Waals surface area (Å²) in [6.07, 6.45) is -0.340. The summed E-state index contributed by atoms with van der Waals surface area (Å²) in [5.74, 6) is 0.452. The standard InChI is InChI=1S/C10H19FN2O/c1-8(2)6-12(3)10(14)13-5-4-9(11)7-13/h8-9H,4-7H2,1-3H3/t9-/m0/s1. The molecule has 1 aliphatic heterocycles. The molecule has 1 heterocycles. The highest BCUT2D eigenvalue weighted by Crippen LogP contribution is 2.14. The third-order valence-electron chi connectivity index (χ3n) is 2.37. The molecule has 0 aromatic rings. The van der Waals surface area contributed by atoms with E-state index in [-0.39, 0.29) is 12.6 Å². The normalized spacial score (nSPS) is 21.8. The minimum Gasteiger partial charge on any atom is -0.327 e. The van der Waals surface area contributed by atoms with Gasteiger partial charge in [0.05, 0.1) is 6.54 Å². The molecule has 2 amide bonds. The van der Waals surface area contributed by atoms with Gasteiger partial charge in [-0.25, -0.2) is 9.18 Å². The minimum atomic E-state index is -0.827. The molecule has 0 aromatic heterocycles. The van der Waals surface area contributed by atoms with Crippen LogP contribution in [0.25, 0.3) is 0 Å². The zero-order valence-corrected chi connectivity index (χ0v) is 9.16. The number of hydrogen-bond donors (Lipinski definition) is 0. The van der Waals surface area contributed by atoms with E-state index in [1.54, 1.807) is 16.8 Å². The van der Waals surface area contributed by atoms with Crippen molar-refractivity contribution in [2.45, 2.75) is 26.4 Å². The van der Waals surface area contributed by atoms with Gasteiger partial charge < -0.3 is 9.80 Å². The van der Waals surface area contributed by atoms with Crippen molar-refractivity contribution in [3.8, 4) is 0 Å². The van der Waals surface area contributed by atoms with Gasteiger partial charge in [0, 0.05) is 20.1 Å². The summed E-state index contributed by atoms with van der Waals surface area (Å²) in [5.41, 5.74) is 0. The fourth-order valence-corrected chi connectivity index (χ4v) is 1.76. The highest BCUT2D eigenvalue weighted by atomic mass is 19.1. The van der Waals surface area contributed by atoms with E-state index in [0.717, 1.165) is 6.54 Å². The lowest BCUT2D eigenvalue weighted by Crippen LogP contribution is -2.41. The van der Waals surface area contributed by atoms with Gasteiger partial charge in [0.2, 0.25) is 0 Å². The van der Waals surface area contributed by atoms with E-state index in [4.69, 9.17) is 0 Å². The Balaban J connectivity index is 2.40. The molecule has 1 saturated heterocycles. The summed E-state index contributed by atoms with van der Waals surface area (Å²) in [4.78, 5) is 15.0. The zero-order valence-electron chi connectivity index (χ0n) is 9.16. The number of rotatable bonds is 2. The predicted octanol–water partition coefficient (Wildman–Crippen LogP) is 1.74. The molecule has 1 atom stereocenters. The second kappa shape index (κ2) is 4.62. The van der Waals surface area contributed by atoms with E-state index < -0.39 is 6.17 Å². The highest BCUT2D eigenvalue weighted by Gasteiger charge is 2.27. The molecule has 0 spiro atoms. The third kappa shape index (κ3) is 2.86. The van der Waals surface area contributed by atoms with E-state index >= 15 is 0 Å². The molecular weight excluding hydrogens is 183 g/mol. The van der Waals surface area contributed by atoms with Crippen LogP contribution >= 0.6 is 0 Å². The van der Waals surface area contributed by atoms with E-state index in [1.807, 2.05) is 0 Å². The minimum absolute atomic E-state index is 0.0427. The monoisotopic (exact) mass is 202 g/mol. The number of alkyl halides is 1. The summed E-state index contributed by atoms with van der Waals surface area (Å²) in [6.45, 7) is 5.67. The Hall–Kier alpha value is -0.800. The van der Waals surface area contributed by atoms with E-state index in [2.05, 4.69) is 13.8 Å². The zero-order chi connectivity index (χ0) is 10.7. The maximum atomic E-state index is 12.8. The Morgan fingerprint density at radius 2 is 2.29 bits per heavy atom. The van der Waals surface area contributed by atoms with E-state index in [0.29, 0.717) is 18.9 Å². The van der Waals surface area contributed by atoms with E-state index in [9.17, 15) is 9.18 Å². The van der Waals surface area contributed by atoms with Crippen molar-refractivity contribution >= 4 is 6.03 Å². The lowest BCUT2D eigenvalue weighted by atomic mass is 10.2. The van der Waals surface area contributed by atoms with Crippen molar-refractivity contribution in [2.75, 3.05) is 26.7 Å². The SMILES string of the molecule is CC(C)CN(C)C(=O)N1CC[C@H](F)C1. The van der Waals surface area contributed by atoms with Crippen LogP contribution < -0.4 is 0 Å². The molecule has 1 aliphatic rings. The number of hydrogen-bond acceptors (Lipinski definition) is 1. The first-order chi connectivity index (χ1) is 6.50. The molecule has 1 rings (SSSR count). The maximum Gasteiger partial charge on any atom is 0.319 e. The Kier molecular flexibility index (Phi) is 3.72. The maximum absolute atomic E-state index is 12.8. The Bertz CT molecular complexity index is 208. The number of likely N-dealkylation sites (tertiary alicyclic amines) is 1. The lowest BCUT2D eigenvalue weighted by Gasteiger charge is -2.25. The van der Waals surface area contributed by atoms with Crippen LogP contribution in [0.5, 0.6) is 0 Å². The number of urea groups is 1. The van der Waals surface area contributed by atoms with Crippen LogP contribution in [0.1, 0.15) is 20.3 Å². The molecular formula is C10H19FN2O. The summed E-state index contributed by atoms with van der Waals surface area (Å²) in [7, 11) is 1.77. The number of nitrogens with zero attached hydrogens (tertiary/aromatic N) is 2. The molecule has 0 aromatic carbocycles. The van der Waals surface area contributed by atoms with Crippen LogP contribution in [0.3, 0.4) is 0 Å². The molecule has 0 aliphatic carbocycles. The van der Waals surface area contributed by atoms with Crippen molar-refractivity contribution in [3.63, 3.8) is 0 Å². The molecule has 1 fully saturated rings. The summed E-state index contributed by atoms with van der Waals surface area (Å²) >= 11 is 0. The van der Waals surface area contributed by atoms with Crippen LogP contribution in [-0.4, -0.2) is 48.7 Å². The van der Waals surface area contributed by atoms with Crippen LogP contribution in [0.4, 0.5) is 9.18 Å². The van der Waals surface area contributed by atoms with Gasteiger partial charge in [-0.1, -0.05) is 13.8 Å². The number of carbonyl (C=O) groups is 1. The first kappa shape index (κ1) is 11.3. The van der Waals surface area contributed by atoms with Crippen molar-refractivity contribution in [1.82, 2.24) is 9.80 Å². The summed E-state index contributed by atoms with van der Waals surface area (Å²) in [5, 5.41) is 0. The van der Waals surface area contributed by atoms with Crippen molar-refractivity contribution in [2.24, 2.45) is 5.92 Å². The van der Waals surface area contributed by atoms with Gasteiger partial charge in [-0.2, -0.15) is 0 Å². The van der Waals surface area contributed by atoms with Crippen LogP contribution in [0.15, 0.2) is 0 Å². The van der Waals surface area contributed by atoms with Gasteiger partial charge in [0.1, 0.15) is 6.17 Å².